The van der Waals surface area contributed by atoms with Gasteiger partial charge < -0.3 is 10.2 Å². The van der Waals surface area contributed by atoms with E-state index in [1.54, 1.807) is 16.2 Å². The minimum absolute atomic E-state index is 0.0168. The number of rotatable bonds is 5. The van der Waals surface area contributed by atoms with Gasteiger partial charge in [-0.25, -0.2) is 4.98 Å². The number of nitrogens with one attached hydrogen (secondary N) is 1. The molecule has 0 aromatic carbocycles. The van der Waals surface area contributed by atoms with Crippen LogP contribution in [0.3, 0.4) is 0 Å². The van der Waals surface area contributed by atoms with Gasteiger partial charge in [-0.05, 0) is 6.92 Å². The highest BCUT2D eigenvalue weighted by Crippen LogP contribution is 2.24. The van der Waals surface area contributed by atoms with Crippen LogP contribution in [0.25, 0.3) is 0 Å². The van der Waals surface area contributed by atoms with Crippen molar-refractivity contribution in [1.82, 2.24) is 15.2 Å². The normalized spacial score (nSPS) is 18.8. The Morgan fingerprint density at radius 2 is 2.23 bits per heavy atom. The van der Waals surface area contributed by atoms with Crippen LogP contribution < -0.4 is 5.32 Å². The highest BCUT2D eigenvalue weighted by Gasteiger charge is 2.33. The first-order chi connectivity index (χ1) is 10.3. The molecule has 6 heteroatoms. The highest BCUT2D eigenvalue weighted by molar-refractivity contribution is 7.09. The van der Waals surface area contributed by atoms with E-state index in [0.29, 0.717) is 26.1 Å². The van der Waals surface area contributed by atoms with Crippen molar-refractivity contribution in [3.63, 3.8) is 0 Å². The third-order valence-electron chi connectivity index (χ3n) is 3.93. The smallest absolute Gasteiger partial charge is 0.225 e. The molecule has 0 unspecified atom stereocenters. The Labute approximate surface area is 136 Å². The number of thiazole rings is 1. The van der Waals surface area contributed by atoms with Gasteiger partial charge in [0, 0.05) is 43.3 Å². The molecular weight excluding hydrogens is 298 g/mol. The molecule has 1 saturated heterocycles. The average molecular weight is 323 g/mol. The maximum absolute atomic E-state index is 12.1. The fraction of sp³-hybridized carbons (Fsp3) is 0.688. The van der Waals surface area contributed by atoms with Crippen LogP contribution in [0.4, 0.5) is 0 Å². The van der Waals surface area contributed by atoms with E-state index in [1.807, 2.05) is 6.92 Å². The van der Waals surface area contributed by atoms with Gasteiger partial charge >= 0.3 is 0 Å². The SMILES string of the molecule is CCN1C[C@H](C(=O)NCCc2nc(C(C)(C)C)cs2)CC1=O. The molecule has 1 aliphatic heterocycles. The molecule has 0 spiro atoms. The zero-order chi connectivity index (χ0) is 16.3. The molecule has 2 rings (SSSR count). The molecule has 1 N–H and O–H groups in total. The lowest BCUT2D eigenvalue weighted by Crippen LogP contribution is -2.34. The lowest BCUT2D eigenvalue weighted by Gasteiger charge is -2.14. The van der Waals surface area contributed by atoms with E-state index in [-0.39, 0.29) is 23.1 Å². The number of carbonyl (C=O) groups is 2. The molecule has 2 heterocycles. The molecule has 122 valence electrons. The van der Waals surface area contributed by atoms with E-state index in [1.165, 1.54) is 0 Å². The van der Waals surface area contributed by atoms with E-state index < -0.39 is 0 Å². The Kier molecular flexibility index (Phi) is 5.21. The Bertz CT molecular complexity index is 548. The van der Waals surface area contributed by atoms with Gasteiger partial charge in [0.1, 0.15) is 0 Å². The summed E-state index contributed by atoms with van der Waals surface area (Å²) < 4.78 is 0. The standard InChI is InChI=1S/C16H25N3O2S/c1-5-19-9-11(8-14(19)20)15(21)17-7-6-13-18-12(10-22-13)16(2,3)4/h10-11H,5-9H2,1-4H3,(H,17,21)/t11-/m1/s1. The van der Waals surface area contributed by atoms with Gasteiger partial charge in [0.2, 0.25) is 11.8 Å². The predicted octanol–water partition coefficient (Wildman–Crippen LogP) is 1.97. The van der Waals surface area contributed by atoms with Crippen molar-refractivity contribution < 1.29 is 9.59 Å². The number of nitrogens with zero attached hydrogens (tertiary/aromatic N) is 2. The quantitative estimate of drug-likeness (QED) is 0.901. The van der Waals surface area contributed by atoms with Crippen molar-refractivity contribution in [2.24, 2.45) is 5.92 Å². The molecule has 22 heavy (non-hydrogen) atoms. The number of aromatic nitrogens is 1. The first-order valence-electron chi connectivity index (χ1n) is 7.81. The lowest BCUT2D eigenvalue weighted by molar-refractivity contribution is -0.128. The second-order valence-electron chi connectivity index (χ2n) is 6.75. The van der Waals surface area contributed by atoms with Crippen molar-refractivity contribution in [2.75, 3.05) is 19.6 Å². The van der Waals surface area contributed by atoms with Gasteiger partial charge in [-0.3, -0.25) is 9.59 Å². The summed E-state index contributed by atoms with van der Waals surface area (Å²) in [6.45, 7) is 10.2. The molecule has 1 aromatic rings. The van der Waals surface area contributed by atoms with Crippen LogP contribution in [0.15, 0.2) is 5.38 Å². The summed E-state index contributed by atoms with van der Waals surface area (Å²) in [6.07, 6.45) is 1.08. The molecular formula is C16H25N3O2S. The molecule has 0 saturated carbocycles. The second-order valence-corrected chi connectivity index (χ2v) is 7.69. The maximum atomic E-state index is 12.1. The van der Waals surface area contributed by atoms with Crippen LogP contribution in [0.5, 0.6) is 0 Å². The lowest BCUT2D eigenvalue weighted by atomic mass is 9.93. The Morgan fingerprint density at radius 1 is 1.50 bits per heavy atom. The zero-order valence-corrected chi connectivity index (χ0v) is 14.6. The highest BCUT2D eigenvalue weighted by atomic mass is 32.1. The van der Waals surface area contributed by atoms with Crippen LogP contribution in [-0.2, 0) is 21.4 Å². The Hall–Kier alpha value is -1.43. The fourth-order valence-electron chi connectivity index (χ4n) is 2.46. The maximum Gasteiger partial charge on any atom is 0.225 e. The van der Waals surface area contributed by atoms with Crippen LogP contribution in [0.2, 0.25) is 0 Å². The molecule has 0 radical (unpaired) electrons. The predicted molar refractivity (Wildman–Crippen MR) is 87.9 cm³/mol. The van der Waals surface area contributed by atoms with Crippen molar-refractivity contribution in [3.8, 4) is 0 Å². The average Bonchev–Trinajstić information content (AvgIpc) is 3.04. The van der Waals surface area contributed by atoms with Crippen molar-refractivity contribution in [1.29, 1.82) is 0 Å². The summed E-state index contributed by atoms with van der Waals surface area (Å²) in [5, 5.41) is 6.07. The second kappa shape index (κ2) is 6.77. The van der Waals surface area contributed by atoms with Gasteiger partial charge in [-0.15, -0.1) is 11.3 Å². The third-order valence-corrected chi connectivity index (χ3v) is 4.83. The number of likely N-dealkylation sites (tertiary alicyclic amines) is 1. The zero-order valence-electron chi connectivity index (χ0n) is 13.8. The fourth-order valence-corrected chi connectivity index (χ4v) is 3.49. The Morgan fingerprint density at radius 3 is 2.77 bits per heavy atom. The van der Waals surface area contributed by atoms with Crippen molar-refractivity contribution in [2.45, 2.75) is 46.0 Å². The molecule has 1 aliphatic rings. The third kappa shape index (κ3) is 4.06. The molecule has 0 bridgehead atoms. The van der Waals surface area contributed by atoms with E-state index in [9.17, 15) is 9.59 Å². The topological polar surface area (TPSA) is 62.3 Å². The number of amides is 2. The monoisotopic (exact) mass is 323 g/mol. The molecule has 2 amide bonds. The van der Waals surface area contributed by atoms with E-state index >= 15 is 0 Å². The minimum Gasteiger partial charge on any atom is -0.355 e. The summed E-state index contributed by atoms with van der Waals surface area (Å²) in [5.41, 5.74) is 1.16. The first-order valence-corrected chi connectivity index (χ1v) is 8.69. The van der Waals surface area contributed by atoms with E-state index in [4.69, 9.17) is 0 Å². The first kappa shape index (κ1) is 16.9. The Balaban J connectivity index is 1.78. The van der Waals surface area contributed by atoms with E-state index in [2.05, 4.69) is 36.5 Å². The molecule has 1 fully saturated rings. The van der Waals surface area contributed by atoms with Crippen LogP contribution in [-0.4, -0.2) is 41.3 Å². The van der Waals surface area contributed by atoms with Gasteiger partial charge in [-0.2, -0.15) is 0 Å². The van der Waals surface area contributed by atoms with Crippen LogP contribution >= 0.6 is 11.3 Å². The van der Waals surface area contributed by atoms with Gasteiger partial charge in [-0.1, -0.05) is 20.8 Å². The van der Waals surface area contributed by atoms with Crippen LogP contribution in [0.1, 0.15) is 44.8 Å². The summed E-state index contributed by atoms with van der Waals surface area (Å²) in [6, 6.07) is 0. The number of hydrogen-bond donors (Lipinski definition) is 1. The minimum atomic E-state index is -0.200. The molecule has 1 aromatic heterocycles. The van der Waals surface area contributed by atoms with Crippen molar-refractivity contribution >= 4 is 23.2 Å². The van der Waals surface area contributed by atoms with Gasteiger partial charge in [0.25, 0.3) is 0 Å². The number of carbonyl (C=O) groups excluding carboxylic acids is 2. The summed E-state index contributed by atoms with van der Waals surface area (Å²) in [7, 11) is 0. The van der Waals surface area contributed by atoms with E-state index in [0.717, 1.165) is 17.1 Å². The summed E-state index contributed by atoms with van der Waals surface area (Å²) in [4.78, 5) is 30.1. The summed E-state index contributed by atoms with van der Waals surface area (Å²) in [5.74, 6) is -0.136. The van der Waals surface area contributed by atoms with Crippen molar-refractivity contribution in [3.05, 3.63) is 16.1 Å². The number of hydrogen-bond acceptors (Lipinski definition) is 4. The molecule has 5 nitrogen and oxygen atoms in total. The van der Waals surface area contributed by atoms with Gasteiger partial charge in [0.15, 0.2) is 0 Å². The molecule has 1 atom stereocenters. The largest absolute Gasteiger partial charge is 0.355 e. The van der Waals surface area contributed by atoms with Gasteiger partial charge in [0.05, 0.1) is 16.6 Å². The van der Waals surface area contributed by atoms with Crippen LogP contribution in [0, 0.1) is 5.92 Å². The summed E-state index contributed by atoms with van der Waals surface area (Å²) >= 11 is 1.64. The molecule has 0 aliphatic carbocycles.